The van der Waals surface area contributed by atoms with Crippen LogP contribution in [0.2, 0.25) is 0 Å². The number of rotatable bonds is 4. The fourth-order valence-corrected chi connectivity index (χ4v) is 3.48. The lowest BCUT2D eigenvalue weighted by Gasteiger charge is -2.11. The Bertz CT molecular complexity index is 1050. The average Bonchev–Trinajstić information content (AvgIpc) is 3.16. The van der Waals surface area contributed by atoms with Crippen LogP contribution in [0.5, 0.6) is 0 Å². The van der Waals surface area contributed by atoms with Crippen LogP contribution in [0.25, 0.3) is 16.8 Å². The summed E-state index contributed by atoms with van der Waals surface area (Å²) in [5.74, 6) is 0.615. The third kappa shape index (κ3) is 2.98. The fourth-order valence-electron chi connectivity index (χ4n) is 2.61. The SMILES string of the molecule is Cc1ccc(NC(=O)[C@H](C)Sc2n[nH]c3nc4ccccc4n23)cc1. The van der Waals surface area contributed by atoms with Gasteiger partial charge in [0.05, 0.1) is 16.3 Å². The van der Waals surface area contributed by atoms with Crippen molar-refractivity contribution in [2.45, 2.75) is 24.3 Å². The van der Waals surface area contributed by atoms with Crippen molar-refractivity contribution in [3.8, 4) is 0 Å². The molecule has 0 aliphatic carbocycles. The number of carbonyl (C=O) groups is 1. The van der Waals surface area contributed by atoms with Gasteiger partial charge in [0.25, 0.3) is 0 Å². The number of amides is 1. The van der Waals surface area contributed by atoms with Crippen LogP contribution in [0.15, 0.2) is 53.7 Å². The number of benzene rings is 2. The van der Waals surface area contributed by atoms with Gasteiger partial charge in [-0.2, -0.15) is 0 Å². The number of nitrogens with one attached hydrogen (secondary N) is 2. The van der Waals surface area contributed by atoms with Crippen LogP contribution in [-0.4, -0.2) is 30.7 Å². The summed E-state index contributed by atoms with van der Waals surface area (Å²) in [6.45, 7) is 3.89. The number of para-hydroxylation sites is 2. The van der Waals surface area contributed by atoms with E-state index in [0.29, 0.717) is 5.78 Å². The number of imidazole rings is 1. The van der Waals surface area contributed by atoms with E-state index in [2.05, 4.69) is 20.5 Å². The number of anilines is 1. The highest BCUT2D eigenvalue weighted by molar-refractivity contribution is 8.00. The van der Waals surface area contributed by atoms with Gasteiger partial charge in [-0.05, 0) is 38.1 Å². The maximum atomic E-state index is 12.5. The van der Waals surface area contributed by atoms with Crippen LogP contribution >= 0.6 is 11.8 Å². The zero-order valence-electron chi connectivity index (χ0n) is 13.9. The molecular formula is C18H17N5OS. The number of aryl methyl sites for hydroxylation is 1. The van der Waals surface area contributed by atoms with E-state index in [1.807, 2.05) is 66.8 Å². The molecule has 0 radical (unpaired) electrons. The summed E-state index contributed by atoms with van der Waals surface area (Å²) in [5.41, 5.74) is 3.82. The van der Waals surface area contributed by atoms with Crippen molar-refractivity contribution in [2.75, 3.05) is 5.32 Å². The Morgan fingerprint density at radius 3 is 2.76 bits per heavy atom. The molecule has 2 aromatic heterocycles. The topological polar surface area (TPSA) is 75.1 Å². The average molecular weight is 351 g/mol. The minimum absolute atomic E-state index is 0.0607. The molecule has 0 aliphatic heterocycles. The smallest absolute Gasteiger partial charge is 0.237 e. The molecule has 4 aromatic rings. The molecule has 0 aliphatic rings. The second-order valence-corrected chi connectivity index (χ2v) is 7.19. The number of fused-ring (bicyclic) bond motifs is 3. The van der Waals surface area contributed by atoms with E-state index in [9.17, 15) is 4.79 Å². The van der Waals surface area contributed by atoms with Gasteiger partial charge in [0, 0.05) is 5.69 Å². The minimum atomic E-state index is -0.297. The number of nitrogens with zero attached hydrogens (tertiary/aromatic N) is 3. The van der Waals surface area contributed by atoms with Gasteiger partial charge < -0.3 is 5.32 Å². The molecule has 6 nitrogen and oxygen atoms in total. The van der Waals surface area contributed by atoms with E-state index in [-0.39, 0.29) is 11.2 Å². The van der Waals surface area contributed by atoms with Crippen molar-refractivity contribution in [1.29, 1.82) is 0 Å². The Morgan fingerprint density at radius 1 is 1.20 bits per heavy atom. The van der Waals surface area contributed by atoms with E-state index >= 15 is 0 Å². The Balaban J connectivity index is 1.56. The first-order valence-corrected chi connectivity index (χ1v) is 8.85. The molecule has 0 saturated heterocycles. The Hall–Kier alpha value is -2.80. The normalized spacial score (nSPS) is 12.6. The summed E-state index contributed by atoms with van der Waals surface area (Å²) in [4.78, 5) is 17.0. The summed E-state index contributed by atoms with van der Waals surface area (Å²) < 4.78 is 1.94. The molecule has 4 rings (SSSR count). The molecule has 25 heavy (non-hydrogen) atoms. The predicted octanol–water partition coefficient (Wildman–Crippen LogP) is 3.64. The second kappa shape index (κ2) is 6.25. The number of hydrogen-bond donors (Lipinski definition) is 2. The van der Waals surface area contributed by atoms with Crippen molar-refractivity contribution >= 4 is 40.2 Å². The van der Waals surface area contributed by atoms with Gasteiger partial charge in [-0.3, -0.25) is 9.20 Å². The molecule has 126 valence electrons. The first-order valence-electron chi connectivity index (χ1n) is 7.97. The zero-order valence-corrected chi connectivity index (χ0v) is 14.7. The summed E-state index contributed by atoms with van der Waals surface area (Å²) in [6.07, 6.45) is 0. The van der Waals surface area contributed by atoms with Crippen LogP contribution in [0.1, 0.15) is 12.5 Å². The molecule has 0 unspecified atom stereocenters. The summed E-state index contributed by atoms with van der Waals surface area (Å²) in [6, 6.07) is 15.6. The molecule has 1 amide bonds. The summed E-state index contributed by atoms with van der Waals surface area (Å²) in [7, 11) is 0. The Morgan fingerprint density at radius 2 is 1.96 bits per heavy atom. The number of H-pyrrole nitrogens is 1. The lowest BCUT2D eigenvalue weighted by molar-refractivity contribution is -0.115. The second-order valence-electron chi connectivity index (χ2n) is 5.88. The van der Waals surface area contributed by atoms with E-state index in [0.717, 1.165) is 27.4 Å². The Labute approximate surface area is 148 Å². The number of aromatic amines is 1. The van der Waals surface area contributed by atoms with Gasteiger partial charge in [0.1, 0.15) is 0 Å². The number of carbonyl (C=O) groups excluding carboxylic acids is 1. The van der Waals surface area contributed by atoms with Crippen molar-refractivity contribution < 1.29 is 4.79 Å². The van der Waals surface area contributed by atoms with E-state index < -0.39 is 0 Å². The Kier molecular flexibility index (Phi) is 3.93. The largest absolute Gasteiger partial charge is 0.325 e. The minimum Gasteiger partial charge on any atom is -0.325 e. The van der Waals surface area contributed by atoms with Crippen molar-refractivity contribution in [3.63, 3.8) is 0 Å². The molecule has 2 heterocycles. The fraction of sp³-hybridized carbons (Fsp3) is 0.167. The van der Waals surface area contributed by atoms with Gasteiger partial charge >= 0.3 is 0 Å². The highest BCUT2D eigenvalue weighted by atomic mass is 32.2. The summed E-state index contributed by atoms with van der Waals surface area (Å²) >= 11 is 1.40. The van der Waals surface area contributed by atoms with Crippen LogP contribution in [-0.2, 0) is 4.79 Å². The molecular weight excluding hydrogens is 334 g/mol. The number of aromatic nitrogens is 4. The van der Waals surface area contributed by atoms with E-state index in [4.69, 9.17) is 0 Å². The molecule has 2 N–H and O–H groups in total. The standard InChI is InChI=1S/C18H17N5OS/c1-11-7-9-13(10-8-11)19-16(24)12(2)25-18-22-21-17-20-14-5-3-4-6-15(14)23(17)18/h3-10,12H,1-2H3,(H,19,24)(H,20,21)/t12-/m0/s1. The lowest BCUT2D eigenvalue weighted by atomic mass is 10.2. The highest BCUT2D eigenvalue weighted by Gasteiger charge is 2.19. The zero-order chi connectivity index (χ0) is 17.4. The van der Waals surface area contributed by atoms with Crippen LogP contribution in [0.4, 0.5) is 5.69 Å². The van der Waals surface area contributed by atoms with Gasteiger partial charge in [-0.25, -0.2) is 10.1 Å². The van der Waals surface area contributed by atoms with Gasteiger partial charge in [0.2, 0.25) is 11.7 Å². The van der Waals surface area contributed by atoms with Crippen LogP contribution in [0.3, 0.4) is 0 Å². The first-order chi connectivity index (χ1) is 12.1. The van der Waals surface area contributed by atoms with Gasteiger partial charge in [-0.15, -0.1) is 5.10 Å². The van der Waals surface area contributed by atoms with Gasteiger partial charge in [-0.1, -0.05) is 41.6 Å². The molecule has 2 aromatic carbocycles. The van der Waals surface area contributed by atoms with Crippen LogP contribution < -0.4 is 5.32 Å². The van der Waals surface area contributed by atoms with E-state index in [1.165, 1.54) is 11.8 Å². The molecule has 0 bridgehead atoms. The molecule has 7 heteroatoms. The highest BCUT2D eigenvalue weighted by Crippen LogP contribution is 2.26. The predicted molar refractivity (Wildman–Crippen MR) is 100.0 cm³/mol. The first kappa shape index (κ1) is 15.7. The van der Waals surface area contributed by atoms with Crippen molar-refractivity contribution in [2.24, 2.45) is 0 Å². The molecule has 1 atom stereocenters. The van der Waals surface area contributed by atoms with Crippen molar-refractivity contribution in [1.82, 2.24) is 19.6 Å². The van der Waals surface area contributed by atoms with Gasteiger partial charge in [0.15, 0.2) is 5.16 Å². The molecule has 0 spiro atoms. The third-order valence-corrected chi connectivity index (χ3v) is 5.03. The number of hydrogen-bond acceptors (Lipinski definition) is 4. The maximum Gasteiger partial charge on any atom is 0.237 e. The quantitative estimate of drug-likeness (QED) is 0.551. The molecule has 0 fully saturated rings. The van der Waals surface area contributed by atoms with Crippen molar-refractivity contribution in [3.05, 3.63) is 54.1 Å². The van der Waals surface area contributed by atoms with Crippen LogP contribution in [0, 0.1) is 6.92 Å². The van der Waals surface area contributed by atoms with E-state index in [1.54, 1.807) is 0 Å². The maximum absolute atomic E-state index is 12.5. The number of thioether (sulfide) groups is 1. The third-order valence-electron chi connectivity index (χ3n) is 3.97. The molecule has 0 saturated carbocycles. The summed E-state index contributed by atoms with van der Waals surface area (Å²) in [5, 5.41) is 10.6. The monoisotopic (exact) mass is 351 g/mol. The lowest BCUT2D eigenvalue weighted by Crippen LogP contribution is -2.22.